The first kappa shape index (κ1) is 34.2. The molecule has 0 aliphatic carbocycles. The zero-order valence-electron chi connectivity index (χ0n) is 20.4. The van der Waals surface area contributed by atoms with E-state index in [1.165, 1.54) is 6.92 Å². The summed E-state index contributed by atoms with van der Waals surface area (Å²) in [6.45, 7) is -0.407. The third-order valence-electron chi connectivity index (χ3n) is 5.50. The molecule has 0 heterocycles. The predicted molar refractivity (Wildman–Crippen MR) is 126 cm³/mol. The summed E-state index contributed by atoms with van der Waals surface area (Å²) in [6.07, 6.45) is -20.1. The lowest BCUT2D eigenvalue weighted by molar-refractivity contribution is -0.146. The number of amides is 1. The van der Waals surface area contributed by atoms with E-state index in [0.29, 0.717) is 6.08 Å². The van der Waals surface area contributed by atoms with Crippen LogP contribution in [0.1, 0.15) is 51.9 Å². The molecule has 2 atom stereocenters. The molecule has 1 unspecified atom stereocenters. The van der Waals surface area contributed by atoms with E-state index in [-0.39, 0.29) is 33.8 Å². The van der Waals surface area contributed by atoms with Crippen LogP contribution in [-0.4, -0.2) is 30.6 Å². The highest BCUT2D eigenvalue weighted by Crippen LogP contribution is 2.42. The van der Waals surface area contributed by atoms with Crippen LogP contribution in [0.4, 0.5) is 52.7 Å². The number of carbonyl (C=O) groups is 2. The zero-order chi connectivity index (χ0) is 31.6. The first-order valence-corrected chi connectivity index (χ1v) is 12.0. The minimum Gasteiger partial charge on any atom is -0.347 e. The molecule has 0 bridgehead atoms. The average Bonchev–Trinajstić information content (AvgIpc) is 2.80. The summed E-state index contributed by atoms with van der Waals surface area (Å²) in [6, 6.07) is 3.00. The van der Waals surface area contributed by atoms with Crippen LogP contribution in [0.2, 0.25) is 0 Å². The van der Waals surface area contributed by atoms with E-state index >= 15 is 0 Å². The summed E-state index contributed by atoms with van der Waals surface area (Å²) in [4.78, 5) is 24.3. The number of rotatable bonds is 8. The number of Topliss-reactive ketones (excluding diaryl/α,β-unsaturated/α-hetero) is 1. The van der Waals surface area contributed by atoms with E-state index in [0.717, 1.165) is 24.3 Å². The molecule has 0 saturated carbocycles. The topological polar surface area (TPSA) is 46.2 Å². The van der Waals surface area contributed by atoms with Gasteiger partial charge >= 0.3 is 24.7 Å². The first-order chi connectivity index (χ1) is 18.5. The van der Waals surface area contributed by atoms with E-state index in [9.17, 15) is 62.3 Å². The molecule has 0 radical (unpaired) electrons. The van der Waals surface area contributed by atoms with Crippen molar-refractivity contribution in [2.24, 2.45) is 5.92 Å². The molecule has 0 aliphatic heterocycles. The second-order valence-electron chi connectivity index (χ2n) is 8.82. The molecule has 3 nitrogen and oxygen atoms in total. The maximum absolute atomic E-state index is 13.8. The third-order valence-corrected chi connectivity index (χ3v) is 6.15. The van der Waals surface area contributed by atoms with Gasteiger partial charge in [-0.1, -0.05) is 41.1 Å². The van der Waals surface area contributed by atoms with Crippen LogP contribution in [-0.2, 0) is 17.1 Å². The Bertz CT molecular complexity index is 1260. The lowest BCUT2D eigenvalue weighted by Gasteiger charge is -2.21. The SMILES string of the molecule is C[C@@H](CC(=O)c1ccc(/C=C/C(c2cc(C(F)(F)F)cc(C(F)(F)F)c2)C(F)(F)F)cc1Br)C(=O)NCC(F)(F)F. The number of halogens is 13. The van der Waals surface area contributed by atoms with Gasteiger partial charge in [0.25, 0.3) is 0 Å². The van der Waals surface area contributed by atoms with Gasteiger partial charge in [-0.3, -0.25) is 9.59 Å². The molecule has 226 valence electrons. The van der Waals surface area contributed by atoms with Crippen molar-refractivity contribution in [3.05, 3.63) is 74.8 Å². The number of carbonyl (C=O) groups excluding carboxylic acids is 2. The van der Waals surface area contributed by atoms with Crippen LogP contribution in [0, 0.1) is 5.92 Å². The van der Waals surface area contributed by atoms with Gasteiger partial charge in [0.05, 0.1) is 17.0 Å². The summed E-state index contributed by atoms with van der Waals surface area (Å²) >= 11 is 3.01. The summed E-state index contributed by atoms with van der Waals surface area (Å²) < 4.78 is 157. The number of ketones is 1. The fourth-order valence-corrected chi connectivity index (χ4v) is 4.10. The highest BCUT2D eigenvalue weighted by atomic mass is 79.9. The fourth-order valence-electron chi connectivity index (χ4n) is 3.48. The number of hydrogen-bond acceptors (Lipinski definition) is 2. The number of nitrogens with one attached hydrogen (secondary N) is 1. The second-order valence-corrected chi connectivity index (χ2v) is 9.67. The van der Waals surface area contributed by atoms with Crippen LogP contribution < -0.4 is 5.32 Å². The van der Waals surface area contributed by atoms with Crippen molar-refractivity contribution in [2.75, 3.05) is 6.54 Å². The summed E-state index contributed by atoms with van der Waals surface area (Å²) in [5.41, 5.74) is -5.27. The normalized spacial score (nSPS) is 14.7. The molecule has 16 heteroatoms. The molecule has 2 aromatic carbocycles. The van der Waals surface area contributed by atoms with Gasteiger partial charge in [-0.25, -0.2) is 0 Å². The van der Waals surface area contributed by atoms with Gasteiger partial charge in [0, 0.05) is 22.4 Å². The maximum atomic E-state index is 13.8. The molecule has 2 aromatic rings. The molecule has 1 amide bonds. The van der Waals surface area contributed by atoms with Gasteiger partial charge in [-0.15, -0.1) is 0 Å². The lowest BCUT2D eigenvalue weighted by Crippen LogP contribution is -2.37. The molecular formula is C25H18BrF12NO2. The van der Waals surface area contributed by atoms with Gasteiger partial charge in [0.15, 0.2) is 5.78 Å². The molecule has 0 saturated heterocycles. The van der Waals surface area contributed by atoms with E-state index in [2.05, 4.69) is 15.9 Å². The van der Waals surface area contributed by atoms with Crippen LogP contribution in [0.15, 0.2) is 46.9 Å². The average molecular weight is 672 g/mol. The van der Waals surface area contributed by atoms with Crippen LogP contribution in [0.25, 0.3) is 6.08 Å². The van der Waals surface area contributed by atoms with Crippen LogP contribution >= 0.6 is 15.9 Å². The Kier molecular flexibility index (Phi) is 10.4. The molecule has 1 N–H and O–H groups in total. The third kappa shape index (κ3) is 10.1. The highest BCUT2D eigenvalue weighted by Gasteiger charge is 2.43. The monoisotopic (exact) mass is 671 g/mol. The Morgan fingerprint density at radius 3 is 1.83 bits per heavy atom. The van der Waals surface area contributed by atoms with Crippen LogP contribution in [0.5, 0.6) is 0 Å². The fraction of sp³-hybridized carbons (Fsp3) is 0.360. The van der Waals surface area contributed by atoms with E-state index in [1.807, 2.05) is 0 Å². The molecule has 0 spiro atoms. The van der Waals surface area contributed by atoms with Crippen molar-refractivity contribution in [2.45, 2.75) is 44.0 Å². The number of benzene rings is 2. The Hall–Kier alpha value is -3.04. The highest BCUT2D eigenvalue weighted by molar-refractivity contribution is 9.10. The second kappa shape index (κ2) is 12.4. The predicted octanol–water partition coefficient (Wildman–Crippen LogP) is 8.73. The van der Waals surface area contributed by atoms with E-state index in [4.69, 9.17) is 0 Å². The van der Waals surface area contributed by atoms with Gasteiger partial charge < -0.3 is 5.32 Å². The minimum absolute atomic E-state index is 0.00506. The standard InChI is InChI=1S/C25H18BrF12NO2/c1-12(21(41)39-11-22(27,28)29)6-20(40)17-4-2-13(7-19(17)26)3-5-18(25(36,37)38)14-8-15(23(30,31)32)10-16(9-14)24(33,34)35/h2-5,7-10,12,18H,6,11H2,1H3,(H,39,41)/b5-3+/t12-,18?/m0/s1. The first-order valence-electron chi connectivity index (χ1n) is 11.2. The Balaban J connectivity index is 2.34. The summed E-state index contributed by atoms with van der Waals surface area (Å²) in [5, 5.41) is 1.63. The number of allylic oxidation sites excluding steroid dienone is 1. The van der Waals surface area contributed by atoms with Gasteiger partial charge in [0.1, 0.15) is 6.54 Å². The smallest absolute Gasteiger partial charge is 0.347 e. The van der Waals surface area contributed by atoms with Crippen molar-refractivity contribution >= 4 is 33.7 Å². The Morgan fingerprint density at radius 1 is 0.854 bits per heavy atom. The van der Waals surface area contributed by atoms with Crippen molar-refractivity contribution in [3.63, 3.8) is 0 Å². The molecule has 0 fully saturated rings. The van der Waals surface area contributed by atoms with E-state index in [1.54, 1.807) is 5.32 Å². The molecule has 0 aliphatic rings. The quantitative estimate of drug-likeness (QED) is 0.225. The molecular weight excluding hydrogens is 654 g/mol. The Labute approximate surface area is 232 Å². The minimum atomic E-state index is -5.36. The van der Waals surface area contributed by atoms with Gasteiger partial charge in [-0.2, -0.15) is 52.7 Å². The van der Waals surface area contributed by atoms with Gasteiger partial charge in [-0.05, 0) is 41.5 Å². The van der Waals surface area contributed by atoms with Crippen molar-refractivity contribution in [1.82, 2.24) is 5.32 Å². The number of alkyl halides is 12. The van der Waals surface area contributed by atoms with Gasteiger partial charge in [0.2, 0.25) is 5.91 Å². The van der Waals surface area contributed by atoms with Crippen molar-refractivity contribution in [1.29, 1.82) is 0 Å². The maximum Gasteiger partial charge on any atom is 0.416 e. The largest absolute Gasteiger partial charge is 0.416 e. The van der Waals surface area contributed by atoms with Crippen molar-refractivity contribution in [3.8, 4) is 0 Å². The lowest BCUT2D eigenvalue weighted by atomic mass is 9.92. The summed E-state index contributed by atoms with van der Waals surface area (Å²) in [5.74, 6) is -5.80. The summed E-state index contributed by atoms with van der Waals surface area (Å²) in [7, 11) is 0. The Morgan fingerprint density at radius 2 is 1.39 bits per heavy atom. The number of hydrogen-bond donors (Lipinski definition) is 1. The molecule has 41 heavy (non-hydrogen) atoms. The molecule has 0 aromatic heterocycles. The van der Waals surface area contributed by atoms with Crippen molar-refractivity contribution < 1.29 is 62.3 Å². The van der Waals surface area contributed by atoms with Crippen LogP contribution in [0.3, 0.4) is 0 Å². The zero-order valence-corrected chi connectivity index (χ0v) is 22.0. The van der Waals surface area contributed by atoms with E-state index < -0.39 is 77.9 Å². The molecule has 2 rings (SSSR count).